The third-order valence-electron chi connectivity index (χ3n) is 6.19. The van der Waals surface area contributed by atoms with Crippen LogP contribution < -0.4 is 9.47 Å². The number of carbonyl (C=O) groups is 1. The number of Topliss-reactive ketones (excluding diaryl/α,β-unsaturated/α-hetero) is 1. The van der Waals surface area contributed by atoms with Crippen molar-refractivity contribution >= 4 is 16.8 Å². The number of hydrogen-bond donors (Lipinski definition) is 0. The number of ketones is 1. The number of carbonyl (C=O) groups excluding carboxylic acids is 1. The van der Waals surface area contributed by atoms with Crippen LogP contribution in [-0.2, 0) is 11.2 Å². The van der Waals surface area contributed by atoms with E-state index in [1.807, 2.05) is 38.1 Å². The zero-order valence-corrected chi connectivity index (χ0v) is 19.8. The zero-order valence-electron chi connectivity index (χ0n) is 19.8. The number of hydrogen-bond acceptors (Lipinski definition) is 6. The summed E-state index contributed by atoms with van der Waals surface area (Å²) in [5, 5.41) is 0.881. The first-order chi connectivity index (χ1) is 16.0. The van der Waals surface area contributed by atoms with E-state index in [1.54, 1.807) is 13.2 Å². The summed E-state index contributed by atoms with van der Waals surface area (Å²) in [7, 11) is 0. The lowest BCUT2D eigenvalue weighted by atomic mass is 9.99. The maximum atomic E-state index is 12.7. The number of nitrogens with zero attached hydrogens (tertiary/aromatic N) is 1. The van der Waals surface area contributed by atoms with E-state index in [1.165, 1.54) is 5.56 Å². The van der Waals surface area contributed by atoms with Crippen LogP contribution in [0.2, 0.25) is 0 Å². The second-order valence-electron chi connectivity index (χ2n) is 8.63. The summed E-state index contributed by atoms with van der Waals surface area (Å²) in [5.74, 6) is 0.967. The van der Waals surface area contributed by atoms with Crippen molar-refractivity contribution in [1.82, 2.24) is 4.90 Å². The monoisotopic (exact) mass is 451 g/mol. The number of morpholine rings is 1. The number of ether oxygens (including phenoxy) is 3. The van der Waals surface area contributed by atoms with Gasteiger partial charge in [-0.25, -0.2) is 0 Å². The van der Waals surface area contributed by atoms with E-state index in [0.717, 1.165) is 56.6 Å². The molecule has 33 heavy (non-hydrogen) atoms. The molecule has 2 heterocycles. The van der Waals surface area contributed by atoms with Crippen LogP contribution in [0.25, 0.3) is 11.0 Å². The minimum Gasteiger partial charge on any atom is -0.487 e. The molecule has 0 saturated carbocycles. The molecule has 1 fully saturated rings. The minimum atomic E-state index is -0.0809. The van der Waals surface area contributed by atoms with Gasteiger partial charge in [-0.05, 0) is 50.8 Å². The predicted octanol–water partition coefficient (Wildman–Crippen LogP) is 5.05. The highest BCUT2D eigenvalue weighted by Gasteiger charge is 2.26. The fourth-order valence-corrected chi connectivity index (χ4v) is 4.35. The lowest BCUT2D eigenvalue weighted by Crippen LogP contribution is -2.38. The van der Waals surface area contributed by atoms with Crippen LogP contribution in [0.4, 0.5) is 0 Å². The second kappa shape index (κ2) is 10.9. The Morgan fingerprint density at radius 1 is 1.12 bits per heavy atom. The van der Waals surface area contributed by atoms with Crippen molar-refractivity contribution in [2.45, 2.75) is 39.7 Å². The third kappa shape index (κ3) is 5.57. The Morgan fingerprint density at radius 2 is 1.88 bits per heavy atom. The van der Waals surface area contributed by atoms with Crippen molar-refractivity contribution in [3.63, 3.8) is 0 Å². The van der Waals surface area contributed by atoms with Crippen molar-refractivity contribution < 1.29 is 23.4 Å². The molecule has 1 aliphatic rings. The minimum absolute atomic E-state index is 0.0428. The molecule has 2 aromatic carbocycles. The van der Waals surface area contributed by atoms with Crippen molar-refractivity contribution in [3.8, 4) is 11.5 Å². The third-order valence-corrected chi connectivity index (χ3v) is 6.19. The standard InChI is InChI=1S/C27H33NO5/c1-19(9-10-22-7-5-4-6-8-22)33-27-25-23(11-15-31-25)20(2)24(21(3)29)26(27)32-18-14-28-12-16-30-17-13-28/h4-8,11,15,19H,9-10,12-14,16-18H2,1-3H3/t19-/m1/s1. The molecule has 0 spiro atoms. The molecule has 0 amide bonds. The maximum Gasteiger partial charge on any atom is 0.205 e. The number of furan rings is 1. The summed E-state index contributed by atoms with van der Waals surface area (Å²) in [6.45, 7) is 10.0. The average Bonchev–Trinajstić information content (AvgIpc) is 3.32. The smallest absolute Gasteiger partial charge is 0.205 e. The first kappa shape index (κ1) is 23.3. The van der Waals surface area contributed by atoms with Crippen LogP contribution in [0.5, 0.6) is 11.5 Å². The van der Waals surface area contributed by atoms with Crippen LogP contribution in [0.3, 0.4) is 0 Å². The topological polar surface area (TPSA) is 61.1 Å². The van der Waals surface area contributed by atoms with Gasteiger partial charge >= 0.3 is 0 Å². The molecule has 0 radical (unpaired) electrons. The number of rotatable bonds is 10. The Bertz CT molecular complexity index is 1070. The molecule has 1 aliphatic heterocycles. The van der Waals surface area contributed by atoms with Gasteiger partial charge in [0.1, 0.15) is 6.61 Å². The molecule has 1 saturated heterocycles. The summed E-state index contributed by atoms with van der Waals surface area (Å²) in [6, 6.07) is 12.2. The molecule has 0 unspecified atom stereocenters. The van der Waals surface area contributed by atoms with Crippen molar-refractivity contribution in [1.29, 1.82) is 0 Å². The molecular formula is C27H33NO5. The molecule has 4 rings (SSSR count). The van der Waals surface area contributed by atoms with Gasteiger partial charge < -0.3 is 18.6 Å². The highest BCUT2D eigenvalue weighted by Crippen LogP contribution is 2.43. The van der Waals surface area contributed by atoms with Gasteiger partial charge in [-0.1, -0.05) is 30.3 Å². The Labute approximate surface area is 195 Å². The van der Waals surface area contributed by atoms with Gasteiger partial charge in [0, 0.05) is 25.0 Å². The summed E-state index contributed by atoms with van der Waals surface area (Å²) < 4.78 is 23.9. The predicted molar refractivity (Wildman–Crippen MR) is 129 cm³/mol. The van der Waals surface area contributed by atoms with Crippen molar-refractivity contribution in [2.75, 3.05) is 39.5 Å². The molecular weight excluding hydrogens is 418 g/mol. The number of fused-ring (bicyclic) bond motifs is 1. The largest absolute Gasteiger partial charge is 0.487 e. The van der Waals surface area contributed by atoms with Crippen molar-refractivity contribution in [3.05, 3.63) is 59.4 Å². The highest BCUT2D eigenvalue weighted by atomic mass is 16.5. The fourth-order valence-electron chi connectivity index (χ4n) is 4.35. The van der Waals surface area contributed by atoms with E-state index >= 15 is 0 Å². The lowest BCUT2D eigenvalue weighted by molar-refractivity contribution is 0.0319. The Morgan fingerprint density at radius 3 is 2.61 bits per heavy atom. The molecule has 0 N–H and O–H groups in total. The van der Waals surface area contributed by atoms with Crippen LogP contribution in [0.15, 0.2) is 47.1 Å². The second-order valence-corrected chi connectivity index (χ2v) is 8.63. The van der Waals surface area contributed by atoms with Crippen LogP contribution >= 0.6 is 0 Å². The molecule has 1 atom stereocenters. The molecule has 0 aliphatic carbocycles. The van der Waals surface area contributed by atoms with Crippen LogP contribution in [0, 0.1) is 6.92 Å². The summed E-state index contributed by atoms with van der Waals surface area (Å²) >= 11 is 0. The van der Waals surface area contributed by atoms with Gasteiger partial charge in [-0.3, -0.25) is 9.69 Å². The highest BCUT2D eigenvalue weighted by molar-refractivity contribution is 6.05. The first-order valence-corrected chi connectivity index (χ1v) is 11.7. The van der Waals surface area contributed by atoms with E-state index in [2.05, 4.69) is 17.0 Å². The quantitative estimate of drug-likeness (QED) is 0.402. The van der Waals surface area contributed by atoms with Gasteiger partial charge in [0.05, 0.1) is 31.1 Å². The van der Waals surface area contributed by atoms with E-state index in [9.17, 15) is 4.79 Å². The lowest BCUT2D eigenvalue weighted by Gasteiger charge is -2.27. The molecule has 0 bridgehead atoms. The van der Waals surface area contributed by atoms with Gasteiger partial charge in [0.15, 0.2) is 17.1 Å². The van der Waals surface area contributed by atoms with Crippen LogP contribution in [-0.4, -0.2) is 56.2 Å². The fraction of sp³-hybridized carbons (Fsp3) is 0.444. The zero-order chi connectivity index (χ0) is 23.2. The number of aryl methyl sites for hydroxylation is 2. The Balaban J connectivity index is 1.58. The average molecular weight is 452 g/mol. The Kier molecular flexibility index (Phi) is 7.68. The summed E-state index contributed by atoms with van der Waals surface area (Å²) in [4.78, 5) is 15.0. The molecule has 3 aromatic rings. The van der Waals surface area contributed by atoms with Crippen molar-refractivity contribution in [2.24, 2.45) is 0 Å². The summed E-state index contributed by atoms with van der Waals surface area (Å²) in [6.07, 6.45) is 3.30. The molecule has 1 aromatic heterocycles. The van der Waals surface area contributed by atoms with Gasteiger partial charge in [-0.15, -0.1) is 0 Å². The normalized spacial score (nSPS) is 15.5. The molecule has 176 valence electrons. The van der Waals surface area contributed by atoms with E-state index < -0.39 is 0 Å². The molecule has 6 heteroatoms. The van der Waals surface area contributed by atoms with E-state index in [0.29, 0.717) is 29.3 Å². The van der Waals surface area contributed by atoms with Gasteiger partial charge in [-0.2, -0.15) is 0 Å². The van der Waals surface area contributed by atoms with Gasteiger partial charge in [0.25, 0.3) is 0 Å². The number of benzene rings is 2. The van der Waals surface area contributed by atoms with Gasteiger partial charge in [0.2, 0.25) is 5.75 Å². The SMILES string of the molecule is CC(=O)c1c(OCCN2CCOCC2)c(O[C@H](C)CCc2ccccc2)c2occc2c1C. The molecule has 6 nitrogen and oxygen atoms in total. The maximum absolute atomic E-state index is 12.7. The van der Waals surface area contributed by atoms with Crippen LogP contribution in [0.1, 0.15) is 41.8 Å². The van der Waals surface area contributed by atoms with E-state index in [4.69, 9.17) is 18.6 Å². The van der Waals surface area contributed by atoms with E-state index in [-0.39, 0.29) is 11.9 Å². The first-order valence-electron chi connectivity index (χ1n) is 11.7. The summed E-state index contributed by atoms with van der Waals surface area (Å²) in [5.41, 5.74) is 3.32. The Hall–Kier alpha value is -2.83.